The minimum atomic E-state index is -3.49. The average Bonchev–Trinajstić information content (AvgIpc) is 2.97. The molecule has 8 nitrogen and oxygen atoms in total. The van der Waals surface area contributed by atoms with Crippen molar-refractivity contribution in [3.05, 3.63) is 118 Å². The maximum Gasteiger partial charge on any atom is 0.316 e. The quantitative estimate of drug-likeness (QED) is 0.311. The Morgan fingerprint density at radius 2 is 1.60 bits per heavy atom. The first-order chi connectivity index (χ1) is 19.4. The van der Waals surface area contributed by atoms with Crippen LogP contribution in [0.5, 0.6) is 5.75 Å². The van der Waals surface area contributed by atoms with Gasteiger partial charge in [-0.3, -0.25) is 4.79 Å². The van der Waals surface area contributed by atoms with Gasteiger partial charge in [0.1, 0.15) is 12.3 Å². The van der Waals surface area contributed by atoms with Gasteiger partial charge in [-0.1, -0.05) is 78.0 Å². The molecular weight excluding hydrogens is 548 g/mol. The number of nitrogens with zero attached hydrogens (tertiary/aromatic N) is 4. The van der Waals surface area contributed by atoms with Crippen LogP contribution < -0.4 is 15.2 Å². The fraction of sp³-hybridized carbons (Fsp3) is 0.200. The first kappa shape index (κ1) is 27.5. The molecule has 1 aliphatic heterocycles. The van der Waals surface area contributed by atoms with Crippen LogP contribution in [-0.2, 0) is 15.8 Å². The van der Waals surface area contributed by atoms with Gasteiger partial charge in [-0.25, -0.2) is 8.42 Å². The third kappa shape index (κ3) is 6.54. The van der Waals surface area contributed by atoms with Gasteiger partial charge >= 0.3 is 5.56 Å². The predicted molar refractivity (Wildman–Crippen MR) is 157 cm³/mol. The summed E-state index contributed by atoms with van der Waals surface area (Å²) in [5.41, 5.74) is 2.11. The zero-order valence-electron chi connectivity index (χ0n) is 21.6. The molecule has 0 N–H and O–H groups in total. The van der Waals surface area contributed by atoms with Crippen LogP contribution in [0.4, 0.5) is 5.69 Å². The van der Waals surface area contributed by atoms with E-state index in [0.29, 0.717) is 29.5 Å². The number of aromatic nitrogens is 2. The number of piperazine rings is 1. The summed E-state index contributed by atoms with van der Waals surface area (Å²) in [6, 6.07) is 25.4. The first-order valence-electron chi connectivity index (χ1n) is 12.7. The van der Waals surface area contributed by atoms with E-state index in [-0.39, 0.29) is 31.2 Å². The second-order valence-corrected chi connectivity index (χ2v) is 11.5. The average molecular weight is 575 g/mol. The summed E-state index contributed by atoms with van der Waals surface area (Å²) in [6.07, 6.45) is 1.57. The van der Waals surface area contributed by atoms with Crippen molar-refractivity contribution in [2.24, 2.45) is 0 Å². The standard InChI is InChI=1S/C30H27ClN4O4S/c31-26-14-7-15-27(21-26)35-30(36)29(39-20-8-13-24-9-3-1-4-10-24)28(22-32-35)33-16-18-34(19-17-33)40(37,38)23-25-11-5-2-6-12-25/h1-7,9-12,14-15,21-22H,16-20,23H2. The van der Waals surface area contributed by atoms with Crippen LogP contribution in [0.15, 0.2) is 95.9 Å². The van der Waals surface area contributed by atoms with Gasteiger partial charge in [0.15, 0.2) is 0 Å². The van der Waals surface area contributed by atoms with E-state index < -0.39 is 15.6 Å². The van der Waals surface area contributed by atoms with Crippen molar-refractivity contribution in [3.8, 4) is 23.3 Å². The highest BCUT2D eigenvalue weighted by Crippen LogP contribution is 2.27. The van der Waals surface area contributed by atoms with E-state index in [1.165, 1.54) is 8.99 Å². The summed E-state index contributed by atoms with van der Waals surface area (Å²) < 4.78 is 34.7. The molecule has 204 valence electrons. The van der Waals surface area contributed by atoms with Crippen LogP contribution in [0, 0.1) is 11.8 Å². The lowest BCUT2D eigenvalue weighted by atomic mass is 10.2. The van der Waals surface area contributed by atoms with Crippen molar-refractivity contribution in [2.75, 3.05) is 37.7 Å². The fourth-order valence-electron chi connectivity index (χ4n) is 4.43. The number of hydrogen-bond donors (Lipinski definition) is 0. The van der Waals surface area contributed by atoms with Crippen molar-refractivity contribution in [1.82, 2.24) is 14.1 Å². The summed E-state index contributed by atoms with van der Waals surface area (Å²) in [5, 5.41) is 4.85. The summed E-state index contributed by atoms with van der Waals surface area (Å²) in [7, 11) is -3.49. The molecule has 0 atom stereocenters. The lowest BCUT2D eigenvalue weighted by molar-refractivity contribution is 0.353. The number of sulfonamides is 1. The van der Waals surface area contributed by atoms with Gasteiger partial charge in [-0.15, -0.1) is 0 Å². The largest absolute Gasteiger partial charge is 0.473 e. The third-order valence-electron chi connectivity index (χ3n) is 6.43. The molecular formula is C30H27ClN4O4S. The Balaban J connectivity index is 1.38. The zero-order valence-corrected chi connectivity index (χ0v) is 23.2. The molecule has 1 fully saturated rings. The van der Waals surface area contributed by atoms with Crippen LogP contribution in [0.25, 0.3) is 5.69 Å². The molecule has 0 aliphatic carbocycles. The van der Waals surface area contributed by atoms with E-state index in [1.807, 2.05) is 53.4 Å². The molecule has 4 aromatic rings. The monoisotopic (exact) mass is 574 g/mol. The first-order valence-corrected chi connectivity index (χ1v) is 14.7. The number of halogens is 1. The predicted octanol–water partition coefficient (Wildman–Crippen LogP) is 3.97. The number of anilines is 1. The van der Waals surface area contributed by atoms with Crippen LogP contribution in [0.3, 0.4) is 0 Å². The molecule has 0 radical (unpaired) electrons. The fourth-order valence-corrected chi connectivity index (χ4v) is 6.13. The van der Waals surface area contributed by atoms with Crippen molar-refractivity contribution in [1.29, 1.82) is 0 Å². The van der Waals surface area contributed by atoms with Crippen LogP contribution >= 0.6 is 11.6 Å². The van der Waals surface area contributed by atoms with Gasteiger partial charge in [0, 0.05) is 36.8 Å². The lowest BCUT2D eigenvalue weighted by Gasteiger charge is -2.35. The van der Waals surface area contributed by atoms with E-state index in [4.69, 9.17) is 16.3 Å². The maximum atomic E-state index is 13.6. The highest BCUT2D eigenvalue weighted by Gasteiger charge is 2.29. The van der Waals surface area contributed by atoms with E-state index in [9.17, 15) is 13.2 Å². The van der Waals surface area contributed by atoms with E-state index in [1.54, 1.807) is 42.6 Å². The zero-order chi connectivity index (χ0) is 28.0. The molecule has 1 saturated heterocycles. The minimum Gasteiger partial charge on any atom is -0.473 e. The number of hydrogen-bond acceptors (Lipinski definition) is 6. The van der Waals surface area contributed by atoms with Crippen molar-refractivity contribution in [2.45, 2.75) is 5.75 Å². The Hall–Kier alpha value is -4.10. The van der Waals surface area contributed by atoms with Crippen molar-refractivity contribution >= 4 is 27.3 Å². The minimum absolute atomic E-state index is 0.0118. The van der Waals surface area contributed by atoms with Crippen LogP contribution in [0.2, 0.25) is 5.02 Å². The Kier molecular flexibility index (Phi) is 8.51. The van der Waals surface area contributed by atoms with Crippen molar-refractivity contribution in [3.63, 3.8) is 0 Å². The molecule has 10 heteroatoms. The third-order valence-corrected chi connectivity index (χ3v) is 8.51. The van der Waals surface area contributed by atoms with Gasteiger partial charge in [0.05, 0.1) is 17.6 Å². The molecule has 2 heterocycles. The number of rotatable bonds is 7. The highest BCUT2D eigenvalue weighted by molar-refractivity contribution is 7.88. The normalized spacial score (nSPS) is 13.9. The van der Waals surface area contributed by atoms with Crippen molar-refractivity contribution < 1.29 is 13.2 Å². The summed E-state index contributed by atoms with van der Waals surface area (Å²) in [5.74, 6) is 6.02. The molecule has 0 bridgehead atoms. The summed E-state index contributed by atoms with van der Waals surface area (Å²) in [6.45, 7) is 1.30. The van der Waals surface area contributed by atoms with E-state index in [0.717, 1.165) is 11.1 Å². The van der Waals surface area contributed by atoms with Crippen LogP contribution in [-0.4, -0.2) is 55.3 Å². The highest BCUT2D eigenvalue weighted by atomic mass is 35.5. The summed E-state index contributed by atoms with van der Waals surface area (Å²) in [4.78, 5) is 15.5. The number of benzene rings is 3. The SMILES string of the molecule is O=c1c(OCC#Cc2ccccc2)c(N2CCN(S(=O)(=O)Cc3ccccc3)CC2)cnn1-c1cccc(Cl)c1. The molecule has 0 unspecified atom stereocenters. The van der Waals surface area contributed by atoms with Gasteiger partial charge in [0.2, 0.25) is 15.8 Å². The molecule has 0 saturated carbocycles. The molecule has 0 amide bonds. The lowest BCUT2D eigenvalue weighted by Crippen LogP contribution is -2.49. The van der Waals surface area contributed by atoms with E-state index >= 15 is 0 Å². The Morgan fingerprint density at radius 1 is 0.900 bits per heavy atom. The van der Waals surface area contributed by atoms with Gasteiger partial charge in [-0.05, 0) is 35.9 Å². The molecule has 1 aliphatic rings. The Bertz CT molecular complexity index is 1690. The second kappa shape index (κ2) is 12.4. The second-order valence-electron chi connectivity index (χ2n) is 9.14. The number of ether oxygens (including phenoxy) is 1. The molecule has 3 aromatic carbocycles. The molecule has 5 rings (SSSR count). The molecule has 40 heavy (non-hydrogen) atoms. The Morgan fingerprint density at radius 3 is 2.30 bits per heavy atom. The van der Waals surface area contributed by atoms with Gasteiger partial charge in [-0.2, -0.15) is 14.1 Å². The molecule has 1 aromatic heterocycles. The summed E-state index contributed by atoms with van der Waals surface area (Å²) >= 11 is 6.15. The van der Waals surface area contributed by atoms with Crippen LogP contribution in [0.1, 0.15) is 11.1 Å². The molecule has 0 spiro atoms. The van der Waals surface area contributed by atoms with Gasteiger partial charge in [0.25, 0.3) is 0 Å². The van der Waals surface area contributed by atoms with Gasteiger partial charge < -0.3 is 9.64 Å². The smallest absolute Gasteiger partial charge is 0.316 e. The van der Waals surface area contributed by atoms with E-state index in [2.05, 4.69) is 16.9 Å². The Labute approximate surface area is 238 Å². The maximum absolute atomic E-state index is 13.6. The topological polar surface area (TPSA) is 84.7 Å².